The maximum Gasteiger partial charge on any atom is 0.127 e. The van der Waals surface area contributed by atoms with Gasteiger partial charge in [-0.3, -0.25) is 0 Å². The number of aliphatic hydroxyl groups is 1. The first-order chi connectivity index (χ1) is 9.97. The van der Waals surface area contributed by atoms with Gasteiger partial charge in [0.2, 0.25) is 0 Å². The van der Waals surface area contributed by atoms with Crippen LogP contribution in [0.2, 0.25) is 0 Å². The Morgan fingerprint density at radius 2 is 2.10 bits per heavy atom. The number of rotatable bonds is 2. The van der Waals surface area contributed by atoms with Gasteiger partial charge in [-0.2, -0.15) is 0 Å². The number of fused-ring (bicyclic) bond motifs is 1. The molecule has 3 rings (SSSR count). The lowest BCUT2D eigenvalue weighted by Gasteiger charge is -2.46. The summed E-state index contributed by atoms with van der Waals surface area (Å²) in [5.41, 5.74) is 0.745. The second-order valence-electron chi connectivity index (χ2n) is 6.88. The van der Waals surface area contributed by atoms with E-state index in [9.17, 15) is 5.11 Å². The van der Waals surface area contributed by atoms with Gasteiger partial charge in [0.25, 0.3) is 0 Å². The van der Waals surface area contributed by atoms with Gasteiger partial charge >= 0.3 is 0 Å². The molecule has 0 saturated carbocycles. The van der Waals surface area contributed by atoms with E-state index >= 15 is 0 Å². The van der Waals surface area contributed by atoms with Gasteiger partial charge < -0.3 is 14.7 Å². The zero-order chi connectivity index (χ0) is 15.0. The van der Waals surface area contributed by atoms with Gasteiger partial charge in [0.1, 0.15) is 11.4 Å². The first-order valence-electron chi connectivity index (χ1n) is 7.86. The Hall–Kier alpha value is -0.580. The normalized spacial score (nSPS) is 24.9. The van der Waals surface area contributed by atoms with Crippen molar-refractivity contribution in [3.63, 3.8) is 0 Å². The van der Waals surface area contributed by atoms with Gasteiger partial charge in [0.05, 0.1) is 6.10 Å². The van der Waals surface area contributed by atoms with E-state index in [0.29, 0.717) is 5.92 Å². The van der Waals surface area contributed by atoms with E-state index in [1.54, 1.807) is 0 Å². The zero-order valence-electron chi connectivity index (χ0n) is 12.8. The van der Waals surface area contributed by atoms with Crippen LogP contribution in [0.3, 0.4) is 0 Å². The van der Waals surface area contributed by atoms with Crippen molar-refractivity contribution in [3.05, 3.63) is 28.2 Å². The van der Waals surface area contributed by atoms with Crippen molar-refractivity contribution in [2.45, 2.75) is 44.8 Å². The minimum Gasteiger partial charge on any atom is -0.487 e. The summed E-state index contributed by atoms with van der Waals surface area (Å²) >= 11 is 3.49. The molecule has 2 aliphatic heterocycles. The molecule has 0 aromatic heterocycles. The fourth-order valence-electron chi connectivity index (χ4n) is 3.57. The minimum absolute atomic E-state index is 0.180. The van der Waals surface area contributed by atoms with Gasteiger partial charge in [-0.05, 0) is 30.9 Å². The van der Waals surface area contributed by atoms with E-state index in [1.807, 2.05) is 18.2 Å². The Morgan fingerprint density at radius 1 is 1.38 bits per heavy atom. The molecule has 1 atom stereocenters. The predicted octanol–water partition coefficient (Wildman–Crippen LogP) is 3.76. The Morgan fingerprint density at radius 3 is 2.76 bits per heavy atom. The molecule has 4 heteroatoms. The largest absolute Gasteiger partial charge is 0.487 e. The van der Waals surface area contributed by atoms with Crippen LogP contribution in [-0.4, -0.2) is 35.2 Å². The molecule has 2 aliphatic rings. The number of hydrogen-bond acceptors (Lipinski definition) is 3. The Bertz CT molecular complexity index is 510. The van der Waals surface area contributed by atoms with Crippen LogP contribution >= 0.6 is 15.9 Å². The average molecular weight is 354 g/mol. The van der Waals surface area contributed by atoms with E-state index < -0.39 is 6.10 Å². The molecule has 2 heterocycles. The van der Waals surface area contributed by atoms with Gasteiger partial charge in [-0.25, -0.2) is 0 Å². The fraction of sp³-hybridized carbons (Fsp3) is 0.647. The van der Waals surface area contributed by atoms with Crippen molar-refractivity contribution in [2.75, 3.05) is 19.6 Å². The summed E-state index contributed by atoms with van der Waals surface area (Å²) in [6.07, 6.45) is 2.32. The molecule has 3 nitrogen and oxygen atoms in total. The first-order valence-corrected chi connectivity index (χ1v) is 8.66. The third kappa shape index (κ3) is 3.27. The summed E-state index contributed by atoms with van der Waals surface area (Å²) in [6.45, 7) is 7.81. The molecule has 0 radical (unpaired) electrons. The molecule has 0 bridgehead atoms. The number of nitrogens with zero attached hydrogens (tertiary/aromatic N) is 1. The quantitative estimate of drug-likeness (QED) is 0.878. The van der Waals surface area contributed by atoms with Gasteiger partial charge in [0, 0.05) is 36.1 Å². The molecule has 1 aromatic carbocycles. The summed E-state index contributed by atoms with van der Waals surface area (Å²) in [5.74, 6) is 1.55. The third-order valence-electron chi connectivity index (χ3n) is 4.62. The van der Waals surface area contributed by atoms with E-state index in [2.05, 4.69) is 34.7 Å². The zero-order valence-corrected chi connectivity index (χ0v) is 14.4. The molecule has 1 fully saturated rings. The number of piperidine rings is 1. The molecule has 0 amide bonds. The number of ether oxygens (including phenoxy) is 1. The smallest absolute Gasteiger partial charge is 0.127 e. The lowest BCUT2D eigenvalue weighted by Crippen LogP contribution is -2.51. The Labute approximate surface area is 135 Å². The lowest BCUT2D eigenvalue weighted by atomic mass is 9.81. The highest BCUT2D eigenvalue weighted by atomic mass is 79.9. The molecular formula is C17H24BrNO2. The minimum atomic E-state index is -0.404. The first kappa shape index (κ1) is 15.3. The fourth-order valence-corrected chi connectivity index (χ4v) is 3.91. The van der Waals surface area contributed by atoms with E-state index in [1.165, 1.54) is 0 Å². The summed E-state index contributed by atoms with van der Waals surface area (Å²) in [7, 11) is 0. The van der Waals surface area contributed by atoms with Gasteiger partial charge in [-0.1, -0.05) is 35.8 Å². The predicted molar refractivity (Wildman–Crippen MR) is 87.6 cm³/mol. The van der Waals surface area contributed by atoms with Crippen LogP contribution in [0, 0.1) is 5.92 Å². The molecule has 1 spiro atoms. The topological polar surface area (TPSA) is 32.7 Å². The van der Waals surface area contributed by atoms with E-state index in [-0.39, 0.29) is 5.60 Å². The second-order valence-corrected chi connectivity index (χ2v) is 7.80. The summed E-state index contributed by atoms with van der Waals surface area (Å²) in [5, 5.41) is 10.5. The second kappa shape index (κ2) is 5.90. The highest BCUT2D eigenvalue weighted by Crippen LogP contribution is 2.45. The maximum absolute atomic E-state index is 10.5. The molecule has 1 saturated heterocycles. The van der Waals surface area contributed by atoms with Crippen molar-refractivity contribution in [3.8, 4) is 5.75 Å². The van der Waals surface area contributed by atoms with Gasteiger partial charge in [-0.15, -0.1) is 0 Å². The molecule has 0 aliphatic carbocycles. The highest BCUT2D eigenvalue weighted by molar-refractivity contribution is 9.10. The number of halogens is 1. The van der Waals surface area contributed by atoms with Crippen LogP contribution in [-0.2, 0) is 0 Å². The SMILES string of the molecule is CC(C)CN1CCC2(CC1)C[C@@H](O)c1ccc(Br)cc1O2. The molecular weight excluding hydrogens is 330 g/mol. The lowest BCUT2D eigenvalue weighted by molar-refractivity contribution is -0.0551. The number of benzene rings is 1. The standard InChI is InChI=1S/C17H24BrNO2/c1-12(2)11-19-7-5-17(6-8-19)10-15(20)14-4-3-13(18)9-16(14)21-17/h3-4,9,12,15,20H,5-8,10-11H2,1-2H3/t15-/m1/s1. The van der Waals surface area contributed by atoms with Crippen molar-refractivity contribution in [1.82, 2.24) is 4.90 Å². The Kier molecular flexibility index (Phi) is 4.30. The molecule has 116 valence electrons. The number of hydrogen-bond donors (Lipinski definition) is 1. The third-order valence-corrected chi connectivity index (χ3v) is 5.11. The van der Waals surface area contributed by atoms with Crippen molar-refractivity contribution < 1.29 is 9.84 Å². The van der Waals surface area contributed by atoms with Crippen molar-refractivity contribution >= 4 is 15.9 Å². The molecule has 0 unspecified atom stereocenters. The monoisotopic (exact) mass is 353 g/mol. The van der Waals surface area contributed by atoms with Crippen LogP contribution in [0.5, 0.6) is 5.75 Å². The highest BCUT2D eigenvalue weighted by Gasteiger charge is 2.42. The number of likely N-dealkylation sites (tertiary alicyclic amines) is 1. The number of aliphatic hydroxyl groups excluding tert-OH is 1. The van der Waals surface area contributed by atoms with Gasteiger partial charge in [0.15, 0.2) is 0 Å². The summed E-state index contributed by atoms with van der Waals surface area (Å²) in [6, 6.07) is 5.92. The van der Waals surface area contributed by atoms with Crippen molar-refractivity contribution in [1.29, 1.82) is 0 Å². The van der Waals surface area contributed by atoms with Crippen LogP contribution in [0.4, 0.5) is 0 Å². The average Bonchev–Trinajstić information content (AvgIpc) is 2.40. The van der Waals surface area contributed by atoms with E-state index in [0.717, 1.165) is 54.7 Å². The van der Waals surface area contributed by atoms with Crippen LogP contribution in [0.25, 0.3) is 0 Å². The molecule has 1 N–H and O–H groups in total. The Balaban J connectivity index is 1.74. The molecule has 21 heavy (non-hydrogen) atoms. The van der Waals surface area contributed by atoms with Crippen molar-refractivity contribution in [2.24, 2.45) is 5.92 Å². The van der Waals surface area contributed by atoms with Crippen LogP contribution in [0.1, 0.15) is 44.8 Å². The van der Waals surface area contributed by atoms with Crippen LogP contribution < -0.4 is 4.74 Å². The van der Waals surface area contributed by atoms with Crippen LogP contribution in [0.15, 0.2) is 22.7 Å². The summed E-state index contributed by atoms with van der Waals surface area (Å²) < 4.78 is 7.35. The maximum atomic E-state index is 10.5. The molecule has 1 aromatic rings. The summed E-state index contributed by atoms with van der Waals surface area (Å²) in [4.78, 5) is 2.52. The van der Waals surface area contributed by atoms with E-state index in [4.69, 9.17) is 4.74 Å².